The van der Waals surface area contributed by atoms with Crippen molar-refractivity contribution < 1.29 is 0 Å². The highest BCUT2D eigenvalue weighted by Gasteiger charge is 1.85. The molecule has 0 atom stereocenters. The maximum atomic E-state index is 2.26. The zero-order chi connectivity index (χ0) is 25.0. The van der Waals surface area contributed by atoms with Gasteiger partial charge in [-0.1, -0.05) is 209 Å². The topological polar surface area (TPSA) is 0 Å². The summed E-state index contributed by atoms with van der Waals surface area (Å²) in [6.45, 7) is 18.0. The lowest BCUT2D eigenvalue weighted by Gasteiger charge is -1.93. The predicted octanol–water partition coefficient (Wildman–Crippen LogP) is 13.7. The van der Waals surface area contributed by atoms with Gasteiger partial charge in [0.2, 0.25) is 0 Å². The van der Waals surface area contributed by atoms with Crippen LogP contribution in [-0.4, -0.2) is 0 Å². The minimum atomic E-state index is 0. The van der Waals surface area contributed by atoms with Gasteiger partial charge < -0.3 is 0 Å². The summed E-state index contributed by atoms with van der Waals surface area (Å²) in [5.41, 5.74) is 0. The molecule has 0 aromatic carbocycles. The zero-order valence-electron chi connectivity index (χ0n) is 26.0. The van der Waals surface area contributed by atoms with Gasteiger partial charge in [-0.05, 0) is 0 Å². The van der Waals surface area contributed by atoms with E-state index in [4.69, 9.17) is 0 Å². The largest absolute Gasteiger partial charge is 0.197 e. The summed E-state index contributed by atoms with van der Waals surface area (Å²) in [6.07, 6.45) is 34.0. The molecule has 0 aliphatic heterocycles. The molecule has 0 fully saturated rings. The van der Waals surface area contributed by atoms with E-state index in [9.17, 15) is 0 Å². The second-order valence-electron chi connectivity index (χ2n) is 9.66. The fourth-order valence-corrected chi connectivity index (χ4v) is 3.41. The first-order chi connectivity index (χ1) is 15.7. The lowest BCUT2D eigenvalue weighted by molar-refractivity contribution is 0.624. The van der Waals surface area contributed by atoms with Crippen LogP contribution in [0.3, 0.4) is 0 Å². The quantitative estimate of drug-likeness (QED) is 0.139. The Bertz CT molecular complexity index is 159. The van der Waals surface area contributed by atoms with Crippen molar-refractivity contribution in [2.45, 2.75) is 209 Å². The molecule has 0 aliphatic rings. The molecule has 0 bridgehead atoms. The smallest absolute Gasteiger partial charge is 0.0533 e. The highest BCUT2D eigenvalue weighted by molar-refractivity contribution is 7.59. The lowest BCUT2D eigenvalue weighted by atomic mass is 10.1. The molecular formula is C32H76S2. The van der Waals surface area contributed by atoms with Crippen LogP contribution in [0.4, 0.5) is 0 Å². The van der Waals surface area contributed by atoms with E-state index in [0.29, 0.717) is 0 Å². The molecule has 0 amide bonds. The van der Waals surface area contributed by atoms with E-state index in [-0.39, 0.29) is 27.0 Å². The van der Waals surface area contributed by atoms with Crippen LogP contribution in [0.2, 0.25) is 0 Å². The van der Waals surface area contributed by atoms with E-state index in [1.807, 2.05) is 0 Å². The van der Waals surface area contributed by atoms with Crippen molar-refractivity contribution >= 4 is 27.0 Å². The average molecular weight is 525 g/mol. The second-order valence-corrected chi connectivity index (χ2v) is 9.66. The SMILES string of the molecule is CCCCCCCC.CCCCCCCC.CCCCCCCC.CCCCCCCC.S.S. The number of hydrogen-bond acceptors (Lipinski definition) is 0. The van der Waals surface area contributed by atoms with Gasteiger partial charge in [-0.2, -0.15) is 27.0 Å². The molecule has 0 heterocycles. The molecule has 34 heavy (non-hydrogen) atoms. The number of unbranched alkanes of at least 4 members (excludes halogenated alkanes) is 20. The van der Waals surface area contributed by atoms with E-state index in [0.717, 1.165) is 0 Å². The third kappa shape index (κ3) is 76.7. The Hall–Kier alpha value is 0.700. The highest BCUT2D eigenvalue weighted by Crippen LogP contribution is 2.05. The van der Waals surface area contributed by atoms with Crippen LogP contribution in [0.25, 0.3) is 0 Å². The van der Waals surface area contributed by atoms with Crippen molar-refractivity contribution in [2.75, 3.05) is 0 Å². The molecule has 0 saturated heterocycles. The summed E-state index contributed by atoms with van der Waals surface area (Å²) >= 11 is 0. The Labute approximate surface area is 235 Å². The maximum absolute atomic E-state index is 2.26. The Kier molecular flexibility index (Phi) is 83.1. The maximum Gasteiger partial charge on any atom is -0.0533 e. The van der Waals surface area contributed by atoms with Crippen molar-refractivity contribution in [3.8, 4) is 0 Å². The van der Waals surface area contributed by atoms with Crippen LogP contribution in [0.15, 0.2) is 0 Å². The molecule has 0 aromatic rings. The standard InChI is InChI=1S/4C8H18.2H2S/c4*1-3-5-7-8-6-4-2;;/h4*3-8H2,1-2H3;2*1H2. The van der Waals surface area contributed by atoms with Gasteiger partial charge in [0, 0.05) is 0 Å². The monoisotopic (exact) mass is 525 g/mol. The first-order valence-electron chi connectivity index (χ1n) is 15.7. The predicted molar refractivity (Wildman–Crippen MR) is 177 cm³/mol. The lowest BCUT2D eigenvalue weighted by Crippen LogP contribution is -1.73. The normalized spacial score (nSPS) is 9.18. The number of rotatable bonds is 20. The van der Waals surface area contributed by atoms with Gasteiger partial charge >= 0.3 is 0 Å². The zero-order valence-corrected chi connectivity index (χ0v) is 28.0. The Balaban J connectivity index is -0.0000000754. The molecular weight excluding hydrogens is 448 g/mol. The van der Waals surface area contributed by atoms with E-state index in [1.54, 1.807) is 0 Å². The first kappa shape index (κ1) is 47.8. The molecule has 0 rings (SSSR count). The fourth-order valence-electron chi connectivity index (χ4n) is 3.41. The van der Waals surface area contributed by atoms with Crippen LogP contribution < -0.4 is 0 Å². The molecule has 0 spiro atoms. The number of hydrogen-bond donors (Lipinski definition) is 0. The molecule has 0 aliphatic carbocycles. The molecule has 0 N–H and O–H groups in total. The van der Waals surface area contributed by atoms with E-state index >= 15 is 0 Å². The Morgan fingerprint density at radius 3 is 0.324 bits per heavy atom. The van der Waals surface area contributed by atoms with Gasteiger partial charge in [-0.3, -0.25) is 0 Å². The summed E-state index contributed by atoms with van der Waals surface area (Å²) < 4.78 is 0. The molecule has 0 nitrogen and oxygen atoms in total. The van der Waals surface area contributed by atoms with Crippen molar-refractivity contribution in [3.63, 3.8) is 0 Å². The highest BCUT2D eigenvalue weighted by atomic mass is 32.1. The van der Waals surface area contributed by atoms with Crippen LogP contribution >= 0.6 is 27.0 Å². The summed E-state index contributed by atoms with van der Waals surface area (Å²) in [5.74, 6) is 0. The molecule has 0 radical (unpaired) electrons. The van der Waals surface area contributed by atoms with E-state index < -0.39 is 0 Å². The van der Waals surface area contributed by atoms with Crippen LogP contribution in [-0.2, 0) is 0 Å². The van der Waals surface area contributed by atoms with Crippen molar-refractivity contribution in [1.82, 2.24) is 0 Å². The van der Waals surface area contributed by atoms with Crippen LogP contribution in [0.5, 0.6) is 0 Å². The Morgan fingerprint density at radius 2 is 0.265 bits per heavy atom. The van der Waals surface area contributed by atoms with Crippen molar-refractivity contribution in [2.24, 2.45) is 0 Å². The van der Waals surface area contributed by atoms with Gasteiger partial charge in [0.15, 0.2) is 0 Å². The van der Waals surface area contributed by atoms with Crippen LogP contribution in [0.1, 0.15) is 209 Å². The third-order valence-electron chi connectivity index (χ3n) is 5.83. The van der Waals surface area contributed by atoms with Gasteiger partial charge in [0.1, 0.15) is 0 Å². The Morgan fingerprint density at radius 1 is 0.176 bits per heavy atom. The molecule has 2 heteroatoms. The minimum Gasteiger partial charge on any atom is -0.197 e. The summed E-state index contributed by atoms with van der Waals surface area (Å²) in [5, 5.41) is 0. The summed E-state index contributed by atoms with van der Waals surface area (Å²) in [6, 6.07) is 0. The van der Waals surface area contributed by atoms with Crippen molar-refractivity contribution in [3.05, 3.63) is 0 Å². The molecule has 0 aromatic heterocycles. The van der Waals surface area contributed by atoms with Gasteiger partial charge in [0.25, 0.3) is 0 Å². The summed E-state index contributed by atoms with van der Waals surface area (Å²) in [7, 11) is 0. The third-order valence-corrected chi connectivity index (χ3v) is 5.83. The van der Waals surface area contributed by atoms with E-state index in [2.05, 4.69) is 55.4 Å². The van der Waals surface area contributed by atoms with Crippen LogP contribution in [0, 0.1) is 0 Å². The average Bonchev–Trinajstić information content (AvgIpc) is 2.82. The van der Waals surface area contributed by atoms with Gasteiger partial charge in [-0.15, -0.1) is 0 Å². The fraction of sp³-hybridized carbons (Fsp3) is 1.00. The second kappa shape index (κ2) is 59.1. The minimum absolute atomic E-state index is 0. The molecule has 216 valence electrons. The molecule has 0 saturated carbocycles. The van der Waals surface area contributed by atoms with Gasteiger partial charge in [0.05, 0.1) is 0 Å². The van der Waals surface area contributed by atoms with Crippen molar-refractivity contribution in [1.29, 1.82) is 0 Å². The van der Waals surface area contributed by atoms with E-state index in [1.165, 1.54) is 154 Å². The van der Waals surface area contributed by atoms with Gasteiger partial charge in [-0.25, -0.2) is 0 Å². The summed E-state index contributed by atoms with van der Waals surface area (Å²) in [4.78, 5) is 0. The molecule has 0 unspecified atom stereocenters. The first-order valence-corrected chi connectivity index (χ1v) is 15.7.